The van der Waals surface area contributed by atoms with Gasteiger partial charge < -0.3 is 15.2 Å². The van der Waals surface area contributed by atoms with Crippen molar-refractivity contribution in [3.05, 3.63) is 57.1 Å². The van der Waals surface area contributed by atoms with Crippen molar-refractivity contribution in [3.8, 4) is 0 Å². The highest BCUT2D eigenvalue weighted by atomic mass is 32.1. The summed E-state index contributed by atoms with van der Waals surface area (Å²) in [5, 5.41) is 4.64. The van der Waals surface area contributed by atoms with Crippen LogP contribution in [0.4, 0.5) is 0 Å². The van der Waals surface area contributed by atoms with E-state index in [4.69, 9.17) is 0 Å². The van der Waals surface area contributed by atoms with Crippen molar-refractivity contribution in [1.82, 2.24) is 19.8 Å². The van der Waals surface area contributed by atoms with Crippen LogP contribution in [0.25, 0.3) is 11.0 Å². The number of para-hydroxylation sites is 2. The van der Waals surface area contributed by atoms with Crippen molar-refractivity contribution in [1.29, 1.82) is 0 Å². The molecule has 0 saturated carbocycles. The fraction of sp³-hybridized carbons (Fsp3) is 0.350. The van der Waals surface area contributed by atoms with Gasteiger partial charge >= 0.3 is 5.69 Å². The van der Waals surface area contributed by atoms with Crippen molar-refractivity contribution in [2.45, 2.75) is 25.3 Å². The average molecular weight is 398 g/mol. The number of carbonyl (C=O) groups is 2. The summed E-state index contributed by atoms with van der Waals surface area (Å²) in [6, 6.07) is 11.4. The first-order valence-corrected chi connectivity index (χ1v) is 10.3. The summed E-state index contributed by atoms with van der Waals surface area (Å²) in [5.74, 6) is -0.101. The van der Waals surface area contributed by atoms with E-state index in [1.807, 2.05) is 45.2 Å². The number of thiophene rings is 1. The lowest BCUT2D eigenvalue weighted by atomic mass is 10.0. The molecule has 2 aromatic heterocycles. The summed E-state index contributed by atoms with van der Waals surface area (Å²) < 4.78 is 1.82. The highest BCUT2D eigenvalue weighted by Gasteiger charge is 2.25. The Morgan fingerprint density at radius 2 is 1.93 bits per heavy atom. The number of likely N-dealkylation sites (tertiary alicyclic amines) is 1. The number of aromatic amines is 1. The molecule has 7 nitrogen and oxygen atoms in total. The number of hydrogen-bond acceptors (Lipinski definition) is 4. The minimum Gasteiger partial charge on any atom is -0.351 e. The van der Waals surface area contributed by atoms with Crippen molar-refractivity contribution >= 4 is 34.2 Å². The summed E-state index contributed by atoms with van der Waals surface area (Å²) >= 11 is 1.38. The lowest BCUT2D eigenvalue weighted by molar-refractivity contribution is -0.132. The molecule has 1 aliphatic heterocycles. The van der Waals surface area contributed by atoms with E-state index >= 15 is 0 Å². The Kier molecular flexibility index (Phi) is 5.29. The monoisotopic (exact) mass is 398 g/mol. The molecule has 0 radical (unpaired) electrons. The summed E-state index contributed by atoms with van der Waals surface area (Å²) in [7, 11) is 0. The first-order chi connectivity index (χ1) is 13.6. The number of hydrogen-bond donors (Lipinski definition) is 2. The van der Waals surface area contributed by atoms with Gasteiger partial charge in [0.15, 0.2) is 0 Å². The van der Waals surface area contributed by atoms with Crippen LogP contribution >= 0.6 is 11.3 Å². The quantitative estimate of drug-likeness (QED) is 0.692. The molecule has 0 aliphatic carbocycles. The largest absolute Gasteiger partial charge is 0.351 e. The first-order valence-electron chi connectivity index (χ1n) is 9.42. The van der Waals surface area contributed by atoms with Gasteiger partial charge in [0.2, 0.25) is 5.91 Å². The second-order valence-corrected chi connectivity index (χ2v) is 7.86. The minimum atomic E-state index is -0.139. The van der Waals surface area contributed by atoms with E-state index in [9.17, 15) is 14.4 Å². The number of piperidine rings is 1. The highest BCUT2D eigenvalue weighted by molar-refractivity contribution is 7.12. The number of nitrogens with zero attached hydrogens (tertiary/aromatic N) is 2. The van der Waals surface area contributed by atoms with E-state index in [2.05, 4.69) is 10.3 Å². The van der Waals surface area contributed by atoms with Gasteiger partial charge in [0.25, 0.3) is 5.91 Å². The Morgan fingerprint density at radius 3 is 2.68 bits per heavy atom. The second-order valence-electron chi connectivity index (χ2n) is 6.91. The molecule has 1 aliphatic rings. The zero-order chi connectivity index (χ0) is 19.5. The van der Waals surface area contributed by atoms with Gasteiger partial charge in [0.05, 0.1) is 15.9 Å². The van der Waals surface area contributed by atoms with E-state index in [1.54, 1.807) is 6.07 Å². The van der Waals surface area contributed by atoms with Crippen LogP contribution in [0.2, 0.25) is 0 Å². The Labute approximate surface area is 166 Å². The Balaban J connectivity index is 1.30. The topological polar surface area (TPSA) is 87.2 Å². The van der Waals surface area contributed by atoms with Gasteiger partial charge in [-0.15, -0.1) is 11.3 Å². The summed E-state index contributed by atoms with van der Waals surface area (Å²) in [5.41, 5.74) is 1.66. The summed E-state index contributed by atoms with van der Waals surface area (Å²) in [6.07, 6.45) is 1.78. The third-order valence-corrected chi connectivity index (χ3v) is 6.04. The molecule has 3 aromatic rings. The predicted molar refractivity (Wildman–Crippen MR) is 109 cm³/mol. The maximum Gasteiger partial charge on any atom is 0.326 e. The van der Waals surface area contributed by atoms with Crippen LogP contribution in [0.15, 0.2) is 46.6 Å². The van der Waals surface area contributed by atoms with Crippen LogP contribution < -0.4 is 11.0 Å². The molecule has 0 atom stereocenters. The number of fused-ring (bicyclic) bond motifs is 1. The van der Waals surface area contributed by atoms with Gasteiger partial charge in [-0.2, -0.15) is 0 Å². The molecule has 3 heterocycles. The lowest BCUT2D eigenvalue weighted by Crippen LogP contribution is -2.41. The number of H-pyrrole nitrogens is 1. The Bertz CT molecular complexity index is 1030. The zero-order valence-electron chi connectivity index (χ0n) is 15.4. The molecular weight excluding hydrogens is 376 g/mol. The highest BCUT2D eigenvalue weighted by Crippen LogP contribution is 2.25. The molecule has 146 valence electrons. The van der Waals surface area contributed by atoms with Crippen molar-refractivity contribution in [2.24, 2.45) is 0 Å². The molecule has 0 spiro atoms. The van der Waals surface area contributed by atoms with E-state index in [0.29, 0.717) is 24.5 Å². The van der Waals surface area contributed by atoms with Crippen LogP contribution in [-0.4, -0.2) is 45.9 Å². The summed E-state index contributed by atoms with van der Waals surface area (Å²) in [4.78, 5) is 42.1. The molecule has 2 amide bonds. The minimum absolute atomic E-state index is 0.0382. The molecule has 0 bridgehead atoms. The smallest absolute Gasteiger partial charge is 0.326 e. The van der Waals surface area contributed by atoms with Crippen LogP contribution in [0.5, 0.6) is 0 Å². The normalized spacial score (nSPS) is 15.1. The maximum absolute atomic E-state index is 12.4. The van der Waals surface area contributed by atoms with Gasteiger partial charge in [-0.05, 0) is 36.4 Å². The van der Waals surface area contributed by atoms with E-state index in [-0.39, 0.29) is 30.0 Å². The number of nitrogens with one attached hydrogen (secondary N) is 2. The number of carbonyl (C=O) groups excluding carboxylic acids is 2. The first kappa shape index (κ1) is 18.5. The van der Waals surface area contributed by atoms with Crippen LogP contribution in [-0.2, 0) is 4.79 Å². The third-order valence-electron chi connectivity index (χ3n) is 5.18. The van der Waals surface area contributed by atoms with E-state index < -0.39 is 0 Å². The van der Waals surface area contributed by atoms with Crippen molar-refractivity contribution in [3.63, 3.8) is 0 Å². The van der Waals surface area contributed by atoms with Gasteiger partial charge in [0.1, 0.15) is 0 Å². The molecule has 1 aromatic carbocycles. The van der Waals surface area contributed by atoms with Gasteiger partial charge in [-0.3, -0.25) is 14.2 Å². The average Bonchev–Trinajstić information content (AvgIpc) is 3.35. The zero-order valence-corrected chi connectivity index (χ0v) is 16.2. The SMILES string of the molecule is O=C(NCCC(=O)N1CCC(n2c(=O)[nH]c3ccccc32)CC1)c1cccs1. The number of aromatic nitrogens is 2. The number of benzene rings is 1. The predicted octanol–water partition coefficient (Wildman–Crippen LogP) is 2.37. The van der Waals surface area contributed by atoms with Crippen LogP contribution in [0.3, 0.4) is 0 Å². The van der Waals surface area contributed by atoms with Gasteiger partial charge in [0, 0.05) is 32.1 Å². The number of rotatable bonds is 5. The standard InChI is InChI=1S/C20H22N4O3S/c25-18(7-10-21-19(26)17-6-3-13-28-17)23-11-8-14(9-12-23)24-16-5-2-1-4-15(16)22-20(24)27/h1-6,13-14H,7-12H2,(H,21,26)(H,22,27). The van der Waals surface area contributed by atoms with Crippen LogP contribution in [0.1, 0.15) is 35.0 Å². The summed E-state index contributed by atoms with van der Waals surface area (Å²) in [6.45, 7) is 1.57. The fourth-order valence-corrected chi connectivity index (χ4v) is 4.39. The van der Waals surface area contributed by atoms with E-state index in [1.165, 1.54) is 11.3 Å². The number of imidazole rings is 1. The van der Waals surface area contributed by atoms with Crippen molar-refractivity contribution < 1.29 is 9.59 Å². The lowest BCUT2D eigenvalue weighted by Gasteiger charge is -2.32. The fourth-order valence-electron chi connectivity index (χ4n) is 3.75. The molecule has 0 unspecified atom stereocenters. The second kappa shape index (κ2) is 8.02. The van der Waals surface area contributed by atoms with Gasteiger partial charge in [-0.1, -0.05) is 18.2 Å². The molecule has 2 N–H and O–H groups in total. The molecular formula is C20H22N4O3S. The van der Waals surface area contributed by atoms with E-state index in [0.717, 1.165) is 23.9 Å². The third kappa shape index (κ3) is 3.73. The number of amides is 2. The molecule has 28 heavy (non-hydrogen) atoms. The van der Waals surface area contributed by atoms with Crippen LogP contribution in [0, 0.1) is 0 Å². The maximum atomic E-state index is 12.4. The Hall–Kier alpha value is -2.87. The molecule has 4 rings (SSSR count). The Morgan fingerprint density at radius 1 is 1.14 bits per heavy atom. The van der Waals surface area contributed by atoms with Crippen molar-refractivity contribution in [2.75, 3.05) is 19.6 Å². The molecule has 1 saturated heterocycles. The molecule has 8 heteroatoms. The van der Waals surface area contributed by atoms with Gasteiger partial charge in [-0.25, -0.2) is 4.79 Å². The molecule has 1 fully saturated rings.